The van der Waals surface area contributed by atoms with Crippen molar-refractivity contribution in [3.63, 3.8) is 0 Å². The number of nitrogens with one attached hydrogen (secondary N) is 1. The maximum Gasteiger partial charge on any atom is 0.331 e. The highest BCUT2D eigenvalue weighted by molar-refractivity contribution is 5.88. The van der Waals surface area contributed by atoms with Crippen molar-refractivity contribution in [3.8, 4) is 0 Å². The molecule has 1 atom stereocenters. The quantitative estimate of drug-likeness (QED) is 0.120. The van der Waals surface area contributed by atoms with Gasteiger partial charge in [0.15, 0.2) is 0 Å². The second kappa shape index (κ2) is 20.9. The number of esters is 1. The topological polar surface area (TPSA) is 58.6 Å². The Labute approximate surface area is 223 Å². The van der Waals surface area contributed by atoms with Crippen molar-refractivity contribution in [1.82, 2.24) is 10.2 Å². The average Bonchev–Trinajstić information content (AvgIpc) is 2.90. The van der Waals surface area contributed by atoms with Crippen LogP contribution in [0.3, 0.4) is 0 Å². The Hall–Kier alpha value is -1.10. The van der Waals surface area contributed by atoms with Gasteiger partial charge in [-0.05, 0) is 51.6 Å². The molecule has 5 heteroatoms. The van der Waals surface area contributed by atoms with Crippen LogP contribution in [0.25, 0.3) is 0 Å². The molecule has 1 N–H and O–H groups in total. The van der Waals surface area contributed by atoms with Gasteiger partial charge in [-0.15, -0.1) is 0 Å². The minimum Gasteiger partial charge on any atom is -0.467 e. The molecule has 0 aliphatic carbocycles. The minimum absolute atomic E-state index is 0.129. The van der Waals surface area contributed by atoms with Crippen LogP contribution >= 0.6 is 0 Å². The van der Waals surface area contributed by atoms with Gasteiger partial charge in [0, 0.05) is 13.0 Å². The van der Waals surface area contributed by atoms with E-state index >= 15 is 0 Å². The van der Waals surface area contributed by atoms with Crippen molar-refractivity contribution in [2.75, 3.05) is 26.7 Å². The van der Waals surface area contributed by atoms with Crippen molar-refractivity contribution in [3.05, 3.63) is 0 Å². The summed E-state index contributed by atoms with van der Waals surface area (Å²) in [5, 5.41) is 3.38. The van der Waals surface area contributed by atoms with Gasteiger partial charge in [-0.3, -0.25) is 4.79 Å². The number of methoxy groups -OCH3 is 1. The highest BCUT2D eigenvalue weighted by atomic mass is 16.5. The van der Waals surface area contributed by atoms with Gasteiger partial charge in [0.25, 0.3) is 0 Å². The van der Waals surface area contributed by atoms with Gasteiger partial charge in [0.2, 0.25) is 5.91 Å². The summed E-state index contributed by atoms with van der Waals surface area (Å²) in [6, 6.07) is 0. The Bertz CT molecular complexity index is 562. The van der Waals surface area contributed by atoms with E-state index in [9.17, 15) is 9.59 Å². The Morgan fingerprint density at radius 3 is 1.64 bits per heavy atom. The SMILES string of the molecule is CCCCCCCCCCCCCCCCCC(=O)N(CCCC)C(C)(C(=O)OC)C1CCNCC1. The van der Waals surface area contributed by atoms with Crippen LogP contribution in [0.1, 0.15) is 149 Å². The lowest BCUT2D eigenvalue weighted by Gasteiger charge is -2.45. The van der Waals surface area contributed by atoms with Crippen LogP contribution in [0.5, 0.6) is 0 Å². The number of unbranched alkanes of at least 4 members (excludes halogenated alkanes) is 15. The predicted molar refractivity (Wildman–Crippen MR) is 152 cm³/mol. The third-order valence-electron chi connectivity index (χ3n) is 8.32. The second-order valence-corrected chi connectivity index (χ2v) is 11.3. The molecule has 1 unspecified atom stereocenters. The molecule has 1 rings (SSSR count). The molecule has 0 bridgehead atoms. The highest BCUT2D eigenvalue weighted by Gasteiger charge is 2.49. The lowest BCUT2D eigenvalue weighted by Crippen LogP contribution is -2.61. The van der Waals surface area contributed by atoms with Gasteiger partial charge < -0.3 is 15.0 Å². The first-order valence-corrected chi connectivity index (χ1v) is 15.6. The maximum atomic E-state index is 13.4. The zero-order valence-electron chi connectivity index (χ0n) is 24.5. The Morgan fingerprint density at radius 2 is 1.19 bits per heavy atom. The number of amides is 1. The van der Waals surface area contributed by atoms with Crippen LogP contribution in [0.4, 0.5) is 0 Å². The summed E-state index contributed by atoms with van der Waals surface area (Å²) in [5.41, 5.74) is -0.862. The summed E-state index contributed by atoms with van der Waals surface area (Å²) in [4.78, 5) is 28.3. The van der Waals surface area contributed by atoms with Crippen LogP contribution in [-0.4, -0.2) is 49.1 Å². The zero-order valence-corrected chi connectivity index (χ0v) is 24.5. The molecule has 0 aromatic carbocycles. The van der Waals surface area contributed by atoms with E-state index in [0.29, 0.717) is 13.0 Å². The Kier molecular flexibility index (Phi) is 19.1. The van der Waals surface area contributed by atoms with Gasteiger partial charge in [0.05, 0.1) is 7.11 Å². The average molecular weight is 509 g/mol. The largest absolute Gasteiger partial charge is 0.467 e. The van der Waals surface area contributed by atoms with E-state index < -0.39 is 5.54 Å². The van der Waals surface area contributed by atoms with Crippen LogP contribution in [0.15, 0.2) is 0 Å². The van der Waals surface area contributed by atoms with Crippen molar-refractivity contribution in [2.24, 2.45) is 5.92 Å². The fourth-order valence-corrected chi connectivity index (χ4v) is 5.80. The van der Waals surface area contributed by atoms with Gasteiger partial charge in [-0.25, -0.2) is 4.79 Å². The first-order chi connectivity index (χ1) is 17.5. The fourth-order valence-electron chi connectivity index (χ4n) is 5.80. The molecule has 212 valence electrons. The van der Waals surface area contributed by atoms with Crippen LogP contribution in [-0.2, 0) is 14.3 Å². The zero-order chi connectivity index (χ0) is 26.5. The lowest BCUT2D eigenvalue weighted by atomic mass is 9.77. The normalized spacial score (nSPS) is 16.0. The standard InChI is InChI=1S/C31H60N2O3/c1-5-7-9-10-11-12-13-14-15-16-17-18-19-20-21-22-29(34)33(27-8-6-2)31(3,30(35)36-4)28-23-25-32-26-24-28/h28,32H,5-27H2,1-4H3. The third-order valence-corrected chi connectivity index (χ3v) is 8.32. The van der Waals surface area contributed by atoms with E-state index in [1.807, 2.05) is 11.8 Å². The fraction of sp³-hybridized carbons (Fsp3) is 0.935. The second-order valence-electron chi connectivity index (χ2n) is 11.3. The van der Waals surface area contributed by atoms with E-state index in [1.54, 1.807) is 0 Å². The predicted octanol–water partition coefficient (Wildman–Crippen LogP) is 7.81. The molecule has 0 aromatic heterocycles. The van der Waals surface area contributed by atoms with Crippen LogP contribution in [0, 0.1) is 5.92 Å². The monoisotopic (exact) mass is 508 g/mol. The molecule has 0 saturated carbocycles. The number of hydrogen-bond acceptors (Lipinski definition) is 4. The molecule has 1 amide bonds. The molecule has 1 heterocycles. The number of hydrogen-bond donors (Lipinski definition) is 1. The van der Waals surface area contributed by atoms with Crippen LogP contribution < -0.4 is 5.32 Å². The number of piperidine rings is 1. The molecular formula is C31H60N2O3. The van der Waals surface area contributed by atoms with E-state index in [0.717, 1.165) is 51.6 Å². The number of carbonyl (C=O) groups excluding carboxylic acids is 2. The highest BCUT2D eigenvalue weighted by Crippen LogP contribution is 2.34. The molecule has 1 saturated heterocycles. The summed E-state index contributed by atoms with van der Waals surface area (Å²) < 4.78 is 5.26. The third kappa shape index (κ3) is 12.4. The molecule has 1 fully saturated rings. The summed E-state index contributed by atoms with van der Waals surface area (Å²) in [6.07, 6.45) is 24.1. The number of carbonyl (C=O) groups is 2. The number of rotatable bonds is 22. The van der Waals surface area contributed by atoms with Gasteiger partial charge in [-0.1, -0.05) is 110 Å². The van der Waals surface area contributed by atoms with Crippen molar-refractivity contribution < 1.29 is 14.3 Å². The molecule has 1 aliphatic heterocycles. The lowest BCUT2D eigenvalue weighted by molar-refractivity contribution is -0.166. The van der Waals surface area contributed by atoms with E-state index in [1.165, 1.54) is 90.6 Å². The summed E-state index contributed by atoms with van der Waals surface area (Å²) in [6.45, 7) is 8.80. The molecule has 36 heavy (non-hydrogen) atoms. The minimum atomic E-state index is -0.862. The van der Waals surface area contributed by atoms with Gasteiger partial charge >= 0.3 is 5.97 Å². The van der Waals surface area contributed by atoms with E-state index in [4.69, 9.17) is 4.74 Å². The van der Waals surface area contributed by atoms with Crippen molar-refractivity contribution in [1.29, 1.82) is 0 Å². The van der Waals surface area contributed by atoms with Crippen molar-refractivity contribution >= 4 is 11.9 Å². The molecule has 0 aromatic rings. The Balaban J connectivity index is 2.31. The van der Waals surface area contributed by atoms with E-state index in [2.05, 4.69) is 19.2 Å². The van der Waals surface area contributed by atoms with Crippen LogP contribution in [0.2, 0.25) is 0 Å². The summed E-state index contributed by atoms with van der Waals surface area (Å²) in [5.74, 6) is 0.0213. The van der Waals surface area contributed by atoms with Gasteiger partial charge in [0.1, 0.15) is 5.54 Å². The molecule has 5 nitrogen and oxygen atoms in total. The smallest absolute Gasteiger partial charge is 0.331 e. The summed E-state index contributed by atoms with van der Waals surface area (Å²) in [7, 11) is 1.46. The molecule has 0 spiro atoms. The van der Waals surface area contributed by atoms with Gasteiger partial charge in [-0.2, -0.15) is 0 Å². The number of ether oxygens (including phenoxy) is 1. The maximum absolute atomic E-state index is 13.4. The van der Waals surface area contributed by atoms with E-state index in [-0.39, 0.29) is 17.8 Å². The Morgan fingerprint density at radius 1 is 0.750 bits per heavy atom. The molecule has 1 aliphatic rings. The number of nitrogens with zero attached hydrogens (tertiary/aromatic N) is 1. The molecule has 0 radical (unpaired) electrons. The van der Waals surface area contributed by atoms with Crippen molar-refractivity contribution in [2.45, 2.75) is 155 Å². The first kappa shape index (κ1) is 32.9. The molecular weight excluding hydrogens is 448 g/mol. The first-order valence-electron chi connectivity index (χ1n) is 15.6. The summed E-state index contributed by atoms with van der Waals surface area (Å²) >= 11 is 0.